The number of halogens is 1. The Bertz CT molecular complexity index is 886. The van der Waals surface area contributed by atoms with Crippen molar-refractivity contribution in [1.29, 1.82) is 0 Å². The van der Waals surface area contributed by atoms with Gasteiger partial charge in [0.25, 0.3) is 0 Å². The fraction of sp³-hybridized carbons (Fsp3) is 0.368. The average Bonchev–Trinajstić information content (AvgIpc) is 3.34. The largest absolute Gasteiger partial charge is 0.444 e. The maximum atomic E-state index is 5.58. The Kier molecular flexibility index (Phi) is 8.42. The van der Waals surface area contributed by atoms with Crippen LogP contribution in [0.15, 0.2) is 46.3 Å². The van der Waals surface area contributed by atoms with Gasteiger partial charge in [0, 0.05) is 32.1 Å². The highest BCUT2D eigenvalue weighted by molar-refractivity contribution is 14.0. The van der Waals surface area contributed by atoms with Gasteiger partial charge in [-0.2, -0.15) is 0 Å². The number of rotatable bonds is 7. The first-order valence-electron chi connectivity index (χ1n) is 9.02. The number of benzene rings is 1. The molecule has 0 saturated carbocycles. The van der Waals surface area contributed by atoms with E-state index in [4.69, 9.17) is 4.42 Å². The maximum Gasteiger partial charge on any atom is 0.226 e. The molecule has 2 aromatic heterocycles. The molecule has 28 heavy (non-hydrogen) atoms. The molecule has 0 aliphatic heterocycles. The molecular weight excluding hydrogens is 469 g/mol. The molecule has 0 aliphatic carbocycles. The van der Waals surface area contributed by atoms with Crippen LogP contribution < -0.4 is 10.6 Å². The number of nitrogens with one attached hydrogen (secondary N) is 2. The van der Waals surface area contributed by atoms with Crippen LogP contribution in [0.1, 0.15) is 24.0 Å². The third-order valence-electron chi connectivity index (χ3n) is 4.17. The zero-order valence-electron chi connectivity index (χ0n) is 16.3. The van der Waals surface area contributed by atoms with E-state index in [2.05, 4.69) is 44.7 Å². The normalized spacial score (nSPS) is 11.2. The van der Waals surface area contributed by atoms with Gasteiger partial charge < -0.3 is 19.6 Å². The van der Waals surface area contributed by atoms with Crippen molar-refractivity contribution in [2.75, 3.05) is 13.6 Å². The lowest BCUT2D eigenvalue weighted by molar-refractivity contribution is 0.572. The van der Waals surface area contributed by atoms with Crippen LogP contribution in [0.5, 0.6) is 0 Å². The van der Waals surface area contributed by atoms with Crippen molar-refractivity contribution in [3.63, 3.8) is 0 Å². The summed E-state index contributed by atoms with van der Waals surface area (Å²) < 4.78 is 7.62. The van der Waals surface area contributed by atoms with Crippen molar-refractivity contribution in [3.8, 4) is 11.5 Å². The Labute approximate surface area is 181 Å². The van der Waals surface area contributed by atoms with Gasteiger partial charge in [-0.05, 0) is 19.1 Å². The Hall–Kier alpha value is -2.43. The summed E-state index contributed by atoms with van der Waals surface area (Å²) in [5.41, 5.74) is 3.00. The minimum atomic E-state index is 0. The molecule has 3 aromatic rings. The van der Waals surface area contributed by atoms with Crippen molar-refractivity contribution >= 4 is 29.9 Å². The summed E-state index contributed by atoms with van der Waals surface area (Å²) in [4.78, 5) is 8.76. The lowest BCUT2D eigenvalue weighted by Crippen LogP contribution is -2.38. The van der Waals surface area contributed by atoms with E-state index in [0.717, 1.165) is 36.6 Å². The van der Waals surface area contributed by atoms with Crippen molar-refractivity contribution in [2.24, 2.45) is 4.99 Å². The quantitative estimate of drug-likeness (QED) is 0.298. The molecule has 0 aliphatic rings. The van der Waals surface area contributed by atoms with Crippen molar-refractivity contribution in [2.45, 2.75) is 33.4 Å². The van der Waals surface area contributed by atoms with Crippen LogP contribution in [0, 0.1) is 6.92 Å². The Morgan fingerprint density at radius 1 is 1.21 bits per heavy atom. The smallest absolute Gasteiger partial charge is 0.226 e. The van der Waals surface area contributed by atoms with Crippen LogP contribution in [-0.2, 0) is 19.5 Å². The lowest BCUT2D eigenvalue weighted by atomic mass is 10.1. The summed E-state index contributed by atoms with van der Waals surface area (Å²) >= 11 is 0. The predicted octanol–water partition coefficient (Wildman–Crippen LogP) is 2.79. The molecule has 9 heteroatoms. The van der Waals surface area contributed by atoms with E-state index in [-0.39, 0.29) is 24.0 Å². The summed E-state index contributed by atoms with van der Waals surface area (Å²) in [5, 5.41) is 14.5. The number of aromatic nitrogens is 4. The first-order chi connectivity index (χ1) is 13.2. The van der Waals surface area contributed by atoms with Crippen LogP contribution in [-0.4, -0.2) is 39.3 Å². The van der Waals surface area contributed by atoms with E-state index in [0.29, 0.717) is 18.4 Å². The third kappa shape index (κ3) is 5.78. The lowest BCUT2D eigenvalue weighted by Gasteiger charge is -2.11. The van der Waals surface area contributed by atoms with Gasteiger partial charge in [-0.15, -0.1) is 34.2 Å². The van der Waals surface area contributed by atoms with Gasteiger partial charge in [0.05, 0.1) is 12.2 Å². The molecule has 2 N–H and O–H groups in total. The highest BCUT2D eigenvalue weighted by Gasteiger charge is 2.07. The molecule has 0 bridgehead atoms. The highest BCUT2D eigenvalue weighted by Crippen LogP contribution is 2.18. The van der Waals surface area contributed by atoms with Gasteiger partial charge in [0.2, 0.25) is 5.89 Å². The number of nitrogens with zero attached hydrogens (tertiary/aromatic N) is 5. The molecule has 8 nitrogen and oxygen atoms in total. The number of aliphatic imine (C=N–C) groups is 1. The Morgan fingerprint density at radius 3 is 2.71 bits per heavy atom. The summed E-state index contributed by atoms with van der Waals surface area (Å²) in [6.45, 7) is 6.15. The topological polar surface area (TPSA) is 93.2 Å². The summed E-state index contributed by atoms with van der Waals surface area (Å²) in [5.74, 6) is 2.31. The van der Waals surface area contributed by atoms with E-state index < -0.39 is 0 Å². The molecule has 150 valence electrons. The third-order valence-corrected chi connectivity index (χ3v) is 4.17. The van der Waals surface area contributed by atoms with Crippen LogP contribution >= 0.6 is 24.0 Å². The van der Waals surface area contributed by atoms with Crippen LogP contribution in [0.4, 0.5) is 0 Å². The molecule has 0 amide bonds. The Balaban J connectivity index is 0.00000280. The second-order valence-corrected chi connectivity index (χ2v) is 6.16. The number of oxazole rings is 1. The molecule has 3 rings (SSSR count). The second-order valence-electron chi connectivity index (χ2n) is 6.16. The first-order valence-corrected chi connectivity index (χ1v) is 9.02. The monoisotopic (exact) mass is 495 g/mol. The fourth-order valence-electron chi connectivity index (χ4n) is 2.65. The van der Waals surface area contributed by atoms with E-state index in [1.165, 1.54) is 5.56 Å². The summed E-state index contributed by atoms with van der Waals surface area (Å²) in [7, 11) is 1.74. The molecule has 0 atom stereocenters. The van der Waals surface area contributed by atoms with Gasteiger partial charge >= 0.3 is 0 Å². The average molecular weight is 495 g/mol. The van der Waals surface area contributed by atoms with Crippen molar-refractivity contribution in [1.82, 2.24) is 30.4 Å². The molecule has 0 unspecified atom stereocenters. The van der Waals surface area contributed by atoms with E-state index >= 15 is 0 Å². The number of guanidine groups is 1. The van der Waals surface area contributed by atoms with Gasteiger partial charge in [-0.25, -0.2) is 4.98 Å². The first kappa shape index (κ1) is 21.9. The van der Waals surface area contributed by atoms with E-state index in [9.17, 15) is 0 Å². The number of hydrogen-bond acceptors (Lipinski definition) is 5. The number of aryl methyl sites for hydroxylation is 2. The Morgan fingerprint density at radius 2 is 2.00 bits per heavy atom. The second kappa shape index (κ2) is 10.8. The SMILES string of the molecule is CCc1nncn1CCNC(=NC)NCc1coc(-c2ccc(C)cc2)n1.I. The molecule has 1 aromatic carbocycles. The standard InChI is InChI=1S/C19H25N7O.HI/c1-4-17-25-23-13-26(17)10-9-21-19(20-3)22-11-16-12-27-18(24-16)15-7-5-14(2)6-8-15;/h5-8,12-13H,4,9-11H2,1-3H3,(H2,20,21,22);1H. The van der Waals surface area contributed by atoms with Crippen LogP contribution in [0.25, 0.3) is 11.5 Å². The zero-order chi connectivity index (χ0) is 19.1. The highest BCUT2D eigenvalue weighted by atomic mass is 127. The maximum absolute atomic E-state index is 5.58. The molecule has 0 radical (unpaired) electrons. The van der Waals surface area contributed by atoms with Crippen molar-refractivity contribution in [3.05, 3.63) is 53.9 Å². The molecular formula is C19H26IN7O. The predicted molar refractivity (Wildman–Crippen MR) is 120 cm³/mol. The number of hydrogen-bond donors (Lipinski definition) is 2. The fourth-order valence-corrected chi connectivity index (χ4v) is 2.65. The van der Waals surface area contributed by atoms with Gasteiger partial charge in [-0.3, -0.25) is 4.99 Å². The van der Waals surface area contributed by atoms with Crippen molar-refractivity contribution < 1.29 is 4.42 Å². The minimum absolute atomic E-state index is 0. The molecule has 0 saturated heterocycles. The van der Waals surface area contributed by atoms with Crippen LogP contribution in [0.3, 0.4) is 0 Å². The van der Waals surface area contributed by atoms with Crippen LogP contribution in [0.2, 0.25) is 0 Å². The molecule has 0 spiro atoms. The molecule has 2 heterocycles. The minimum Gasteiger partial charge on any atom is -0.444 e. The molecule has 0 fully saturated rings. The van der Waals surface area contributed by atoms with Gasteiger partial charge in [-0.1, -0.05) is 24.6 Å². The summed E-state index contributed by atoms with van der Waals surface area (Å²) in [6.07, 6.45) is 4.28. The van der Waals surface area contributed by atoms with E-state index in [1.54, 1.807) is 19.6 Å². The van der Waals surface area contributed by atoms with E-state index in [1.807, 2.05) is 28.8 Å². The zero-order valence-corrected chi connectivity index (χ0v) is 18.7. The van der Waals surface area contributed by atoms with Gasteiger partial charge in [0.15, 0.2) is 5.96 Å². The summed E-state index contributed by atoms with van der Waals surface area (Å²) in [6, 6.07) is 8.11. The van der Waals surface area contributed by atoms with Gasteiger partial charge in [0.1, 0.15) is 18.4 Å².